The molecule has 0 aliphatic rings. The lowest BCUT2D eigenvalue weighted by atomic mass is 10.1. The first-order valence-electron chi connectivity index (χ1n) is 7.14. The van der Waals surface area contributed by atoms with Crippen molar-refractivity contribution in [2.75, 3.05) is 7.11 Å². The first-order chi connectivity index (χ1) is 10.8. The Hall–Kier alpha value is -2.75. The standard InChI is InChI=1S/C18H18N2O2/c1-3-6-13-9-10-16(17(11-13)21-2)22-12-18-19-14-7-4-5-8-15(14)20-18/h3-5,7-11H,1,6,12H2,2H3,(H,19,20). The SMILES string of the molecule is C=CCc1ccc(OCc2nc3ccccc3[nH]2)c(OC)c1. The van der Waals surface area contributed by atoms with Crippen LogP contribution >= 0.6 is 0 Å². The van der Waals surface area contributed by atoms with E-state index in [1.165, 1.54) is 0 Å². The van der Waals surface area contributed by atoms with E-state index in [1.54, 1.807) is 7.11 Å². The smallest absolute Gasteiger partial charge is 0.161 e. The number of H-pyrrole nitrogens is 1. The van der Waals surface area contributed by atoms with Gasteiger partial charge >= 0.3 is 0 Å². The van der Waals surface area contributed by atoms with Crippen LogP contribution in [0.4, 0.5) is 0 Å². The number of benzene rings is 2. The zero-order valence-corrected chi connectivity index (χ0v) is 12.5. The minimum atomic E-state index is 0.367. The number of ether oxygens (including phenoxy) is 2. The third-order valence-corrected chi connectivity index (χ3v) is 3.41. The van der Waals surface area contributed by atoms with Crippen molar-refractivity contribution in [3.8, 4) is 11.5 Å². The Morgan fingerprint density at radius 3 is 2.82 bits per heavy atom. The summed E-state index contributed by atoms with van der Waals surface area (Å²) in [4.78, 5) is 7.74. The number of allylic oxidation sites excluding steroid dienone is 1. The van der Waals surface area contributed by atoms with Crippen LogP contribution in [0.5, 0.6) is 11.5 Å². The molecule has 1 aromatic heterocycles. The van der Waals surface area contributed by atoms with E-state index in [0.717, 1.165) is 34.6 Å². The molecule has 3 rings (SSSR count). The van der Waals surface area contributed by atoms with Gasteiger partial charge in [-0.3, -0.25) is 0 Å². The van der Waals surface area contributed by atoms with E-state index in [1.807, 2.05) is 48.5 Å². The molecule has 0 bridgehead atoms. The molecule has 4 heteroatoms. The zero-order chi connectivity index (χ0) is 15.4. The predicted octanol–water partition coefficient (Wildman–Crippen LogP) is 3.88. The highest BCUT2D eigenvalue weighted by Gasteiger charge is 2.08. The van der Waals surface area contributed by atoms with Gasteiger partial charge in [0.15, 0.2) is 11.5 Å². The summed E-state index contributed by atoms with van der Waals surface area (Å²) in [6, 6.07) is 13.8. The van der Waals surface area contributed by atoms with Crippen LogP contribution in [0.25, 0.3) is 11.0 Å². The van der Waals surface area contributed by atoms with Gasteiger partial charge in [-0.25, -0.2) is 4.98 Å². The molecule has 22 heavy (non-hydrogen) atoms. The fraction of sp³-hybridized carbons (Fsp3) is 0.167. The van der Waals surface area contributed by atoms with Crippen molar-refractivity contribution >= 4 is 11.0 Å². The summed E-state index contributed by atoms with van der Waals surface area (Å²) in [6.07, 6.45) is 2.67. The average Bonchev–Trinajstić information content (AvgIpc) is 2.96. The average molecular weight is 294 g/mol. The lowest BCUT2D eigenvalue weighted by molar-refractivity contribution is 0.277. The summed E-state index contributed by atoms with van der Waals surface area (Å²) in [6.45, 7) is 4.11. The highest BCUT2D eigenvalue weighted by molar-refractivity contribution is 5.74. The van der Waals surface area contributed by atoms with E-state index in [9.17, 15) is 0 Å². The Bertz CT molecular complexity index is 760. The number of para-hydroxylation sites is 2. The van der Waals surface area contributed by atoms with Crippen LogP contribution in [0.15, 0.2) is 55.1 Å². The monoisotopic (exact) mass is 294 g/mol. The number of nitrogens with one attached hydrogen (secondary N) is 1. The number of aromatic amines is 1. The zero-order valence-electron chi connectivity index (χ0n) is 12.5. The third kappa shape index (κ3) is 2.96. The first-order valence-corrected chi connectivity index (χ1v) is 7.14. The van der Waals surface area contributed by atoms with E-state index < -0.39 is 0 Å². The number of imidazole rings is 1. The maximum absolute atomic E-state index is 5.83. The van der Waals surface area contributed by atoms with Gasteiger partial charge < -0.3 is 14.5 Å². The number of rotatable bonds is 6. The summed E-state index contributed by atoms with van der Waals surface area (Å²) >= 11 is 0. The topological polar surface area (TPSA) is 47.1 Å². The number of hydrogen-bond acceptors (Lipinski definition) is 3. The molecule has 3 aromatic rings. The van der Waals surface area contributed by atoms with E-state index in [-0.39, 0.29) is 0 Å². The Labute approximate surface area is 129 Å². The minimum absolute atomic E-state index is 0.367. The second-order valence-corrected chi connectivity index (χ2v) is 4.97. The van der Waals surface area contributed by atoms with Gasteiger partial charge in [-0.05, 0) is 36.2 Å². The highest BCUT2D eigenvalue weighted by Crippen LogP contribution is 2.29. The number of fused-ring (bicyclic) bond motifs is 1. The second-order valence-electron chi connectivity index (χ2n) is 4.97. The van der Waals surface area contributed by atoms with Crippen LogP contribution in [-0.4, -0.2) is 17.1 Å². The summed E-state index contributed by atoms with van der Waals surface area (Å²) < 4.78 is 11.2. The Morgan fingerprint density at radius 2 is 2.05 bits per heavy atom. The van der Waals surface area contributed by atoms with Gasteiger partial charge in [-0.2, -0.15) is 0 Å². The Morgan fingerprint density at radius 1 is 1.18 bits per heavy atom. The molecule has 0 unspecified atom stereocenters. The number of methoxy groups -OCH3 is 1. The van der Waals surface area contributed by atoms with Gasteiger partial charge in [-0.15, -0.1) is 6.58 Å². The van der Waals surface area contributed by atoms with Gasteiger partial charge in [0.1, 0.15) is 12.4 Å². The molecule has 0 aliphatic heterocycles. The molecule has 1 heterocycles. The van der Waals surface area contributed by atoms with E-state index >= 15 is 0 Å². The largest absolute Gasteiger partial charge is 0.493 e. The molecule has 0 radical (unpaired) electrons. The summed E-state index contributed by atoms with van der Waals surface area (Å²) in [5, 5.41) is 0. The molecule has 0 saturated heterocycles. The van der Waals surface area contributed by atoms with Crippen LogP contribution < -0.4 is 9.47 Å². The quantitative estimate of drug-likeness (QED) is 0.702. The van der Waals surface area contributed by atoms with Crippen molar-refractivity contribution in [2.45, 2.75) is 13.0 Å². The van der Waals surface area contributed by atoms with Crippen molar-refractivity contribution in [1.82, 2.24) is 9.97 Å². The molecule has 4 nitrogen and oxygen atoms in total. The Kier molecular flexibility index (Phi) is 4.10. The fourth-order valence-corrected chi connectivity index (χ4v) is 2.34. The van der Waals surface area contributed by atoms with E-state index in [0.29, 0.717) is 12.4 Å². The molecule has 0 atom stereocenters. The second kappa shape index (κ2) is 6.35. The molecule has 0 aliphatic carbocycles. The van der Waals surface area contributed by atoms with Crippen molar-refractivity contribution in [3.63, 3.8) is 0 Å². The summed E-state index contributed by atoms with van der Waals surface area (Å²) in [5.74, 6) is 2.21. The van der Waals surface area contributed by atoms with Gasteiger partial charge in [0, 0.05) is 0 Å². The van der Waals surface area contributed by atoms with Crippen LogP contribution in [-0.2, 0) is 13.0 Å². The lowest BCUT2D eigenvalue weighted by Gasteiger charge is -2.10. The number of nitrogens with zero attached hydrogens (tertiary/aromatic N) is 1. The minimum Gasteiger partial charge on any atom is -0.493 e. The van der Waals surface area contributed by atoms with Crippen molar-refractivity contribution in [2.24, 2.45) is 0 Å². The first kappa shape index (κ1) is 14.2. The molecule has 0 fully saturated rings. The highest BCUT2D eigenvalue weighted by atomic mass is 16.5. The molecule has 0 saturated carbocycles. The molecule has 0 amide bonds. The van der Waals surface area contributed by atoms with Crippen LogP contribution in [0.1, 0.15) is 11.4 Å². The van der Waals surface area contributed by atoms with Crippen molar-refractivity contribution in [1.29, 1.82) is 0 Å². The normalized spacial score (nSPS) is 10.6. The van der Waals surface area contributed by atoms with E-state index in [2.05, 4.69) is 16.5 Å². The molecular weight excluding hydrogens is 276 g/mol. The van der Waals surface area contributed by atoms with Crippen molar-refractivity contribution in [3.05, 3.63) is 66.5 Å². The van der Waals surface area contributed by atoms with Gasteiger partial charge in [-0.1, -0.05) is 24.3 Å². The van der Waals surface area contributed by atoms with Gasteiger partial charge in [0.2, 0.25) is 0 Å². The summed E-state index contributed by atoms with van der Waals surface area (Å²) in [7, 11) is 1.64. The van der Waals surface area contributed by atoms with Crippen LogP contribution in [0.2, 0.25) is 0 Å². The molecular formula is C18H18N2O2. The van der Waals surface area contributed by atoms with Gasteiger partial charge in [0.25, 0.3) is 0 Å². The van der Waals surface area contributed by atoms with Crippen LogP contribution in [0.3, 0.4) is 0 Å². The Balaban J connectivity index is 1.76. The maximum Gasteiger partial charge on any atom is 0.161 e. The van der Waals surface area contributed by atoms with Crippen LogP contribution in [0, 0.1) is 0 Å². The predicted molar refractivity (Wildman–Crippen MR) is 87.3 cm³/mol. The summed E-state index contributed by atoms with van der Waals surface area (Å²) in [5.41, 5.74) is 3.09. The lowest BCUT2D eigenvalue weighted by Crippen LogP contribution is -2.00. The van der Waals surface area contributed by atoms with Crippen molar-refractivity contribution < 1.29 is 9.47 Å². The fourth-order valence-electron chi connectivity index (χ4n) is 2.34. The number of aromatic nitrogens is 2. The van der Waals surface area contributed by atoms with Gasteiger partial charge in [0.05, 0.1) is 18.1 Å². The maximum atomic E-state index is 5.83. The molecule has 0 spiro atoms. The molecule has 1 N–H and O–H groups in total. The third-order valence-electron chi connectivity index (χ3n) is 3.41. The number of hydrogen-bond donors (Lipinski definition) is 1. The van der Waals surface area contributed by atoms with E-state index in [4.69, 9.17) is 9.47 Å². The molecule has 2 aromatic carbocycles. The molecule has 112 valence electrons.